The van der Waals surface area contributed by atoms with Crippen molar-refractivity contribution in [1.82, 2.24) is 4.90 Å². The summed E-state index contributed by atoms with van der Waals surface area (Å²) in [6.07, 6.45) is 1.73. The van der Waals surface area contributed by atoms with Crippen molar-refractivity contribution in [2.45, 2.75) is 33.0 Å². The Balaban J connectivity index is 2.42. The maximum Gasteiger partial charge on any atom is 0.309 e. The Hall–Kier alpha value is -0.650. The minimum absolute atomic E-state index is 0.00680. The first-order valence-corrected chi connectivity index (χ1v) is 6.74. The fraction of sp³-hybridized carbons (Fsp3) is 0.923. The zero-order chi connectivity index (χ0) is 13.4. The predicted molar refractivity (Wildman–Crippen MR) is 68.2 cm³/mol. The second-order valence-corrected chi connectivity index (χ2v) is 4.46. The number of rotatable bonds is 7. The van der Waals surface area contributed by atoms with Crippen LogP contribution in [0.4, 0.5) is 0 Å². The number of esters is 1. The van der Waals surface area contributed by atoms with E-state index in [1.54, 1.807) is 0 Å². The summed E-state index contributed by atoms with van der Waals surface area (Å²) in [5.41, 5.74) is 0. The molecule has 1 rings (SSSR count). The van der Waals surface area contributed by atoms with E-state index in [1.165, 1.54) is 7.11 Å². The summed E-state index contributed by atoms with van der Waals surface area (Å²) >= 11 is 0. The predicted octanol–water partition coefficient (Wildman–Crippen LogP) is 1.27. The molecule has 0 aromatic carbocycles. The summed E-state index contributed by atoms with van der Waals surface area (Å²) in [4.78, 5) is 13.8. The minimum atomic E-state index is -0.198. The van der Waals surface area contributed by atoms with Gasteiger partial charge in [-0.3, -0.25) is 9.69 Å². The fourth-order valence-electron chi connectivity index (χ4n) is 2.32. The van der Waals surface area contributed by atoms with Gasteiger partial charge in [-0.05, 0) is 33.2 Å². The molecule has 1 atom stereocenters. The lowest BCUT2D eigenvalue weighted by molar-refractivity contribution is -0.157. The van der Waals surface area contributed by atoms with Crippen LogP contribution in [0.15, 0.2) is 0 Å². The summed E-state index contributed by atoms with van der Waals surface area (Å²) in [6, 6.07) is 0. The molecule has 5 heteroatoms. The van der Waals surface area contributed by atoms with Crippen molar-refractivity contribution in [3.8, 4) is 0 Å². The van der Waals surface area contributed by atoms with Crippen molar-refractivity contribution in [3.05, 3.63) is 0 Å². The van der Waals surface area contributed by atoms with Crippen LogP contribution in [0.3, 0.4) is 0 Å². The van der Waals surface area contributed by atoms with Gasteiger partial charge in [-0.25, -0.2) is 0 Å². The minimum Gasteiger partial charge on any atom is -0.469 e. The molecular weight excluding hydrogens is 234 g/mol. The highest BCUT2D eigenvalue weighted by atomic mass is 16.7. The van der Waals surface area contributed by atoms with Crippen molar-refractivity contribution in [2.24, 2.45) is 5.92 Å². The number of carbonyl (C=O) groups is 1. The number of methoxy groups -OCH3 is 1. The first-order chi connectivity index (χ1) is 8.71. The molecule has 18 heavy (non-hydrogen) atoms. The van der Waals surface area contributed by atoms with Crippen LogP contribution in [0.5, 0.6) is 0 Å². The third kappa shape index (κ3) is 4.92. The monoisotopic (exact) mass is 259 g/mol. The van der Waals surface area contributed by atoms with Gasteiger partial charge in [0.15, 0.2) is 6.29 Å². The highest BCUT2D eigenvalue weighted by Crippen LogP contribution is 2.18. The molecule has 0 bridgehead atoms. The van der Waals surface area contributed by atoms with Crippen LogP contribution >= 0.6 is 0 Å². The normalized spacial score (nSPS) is 21.2. The lowest BCUT2D eigenvalue weighted by Gasteiger charge is -2.33. The third-order valence-electron chi connectivity index (χ3n) is 3.15. The average Bonchev–Trinajstić information content (AvgIpc) is 2.39. The van der Waals surface area contributed by atoms with Crippen molar-refractivity contribution >= 4 is 5.97 Å². The molecule has 5 nitrogen and oxygen atoms in total. The molecule has 0 amide bonds. The molecule has 1 saturated heterocycles. The SMILES string of the molecule is CCOC(CN1CCCC(C(=O)OC)C1)OCC. The molecule has 0 radical (unpaired) electrons. The molecule has 0 saturated carbocycles. The Morgan fingerprint density at radius 1 is 1.33 bits per heavy atom. The van der Waals surface area contributed by atoms with Gasteiger partial charge < -0.3 is 14.2 Å². The van der Waals surface area contributed by atoms with E-state index in [0.717, 1.165) is 32.5 Å². The first-order valence-electron chi connectivity index (χ1n) is 6.74. The van der Waals surface area contributed by atoms with Crippen molar-refractivity contribution in [3.63, 3.8) is 0 Å². The van der Waals surface area contributed by atoms with Gasteiger partial charge in [-0.2, -0.15) is 0 Å². The van der Waals surface area contributed by atoms with E-state index in [1.807, 2.05) is 13.8 Å². The molecule has 0 aliphatic carbocycles. The van der Waals surface area contributed by atoms with Crippen molar-refractivity contribution in [1.29, 1.82) is 0 Å². The number of likely N-dealkylation sites (tertiary alicyclic amines) is 1. The largest absolute Gasteiger partial charge is 0.469 e. The lowest BCUT2D eigenvalue weighted by Crippen LogP contribution is -2.44. The Morgan fingerprint density at radius 2 is 2.00 bits per heavy atom. The molecule has 1 unspecified atom stereocenters. The van der Waals surface area contributed by atoms with Crippen LogP contribution < -0.4 is 0 Å². The zero-order valence-corrected chi connectivity index (χ0v) is 11.7. The third-order valence-corrected chi connectivity index (χ3v) is 3.15. The van der Waals surface area contributed by atoms with E-state index in [-0.39, 0.29) is 18.2 Å². The van der Waals surface area contributed by atoms with E-state index < -0.39 is 0 Å². The zero-order valence-electron chi connectivity index (χ0n) is 11.7. The van der Waals surface area contributed by atoms with Crippen LogP contribution in [0, 0.1) is 5.92 Å². The average molecular weight is 259 g/mol. The molecule has 1 aliphatic heterocycles. The van der Waals surface area contributed by atoms with Gasteiger partial charge in [-0.1, -0.05) is 0 Å². The lowest BCUT2D eigenvalue weighted by atomic mass is 9.98. The van der Waals surface area contributed by atoms with Gasteiger partial charge in [0.2, 0.25) is 0 Å². The van der Waals surface area contributed by atoms with E-state index in [4.69, 9.17) is 14.2 Å². The van der Waals surface area contributed by atoms with Gasteiger partial charge in [0.05, 0.1) is 13.0 Å². The molecule has 0 aromatic rings. The number of carbonyl (C=O) groups excluding carboxylic acids is 1. The Kier molecular flexibility index (Phi) is 7.23. The van der Waals surface area contributed by atoms with Crippen molar-refractivity contribution in [2.75, 3.05) is 40.0 Å². The molecule has 0 aromatic heterocycles. The maximum atomic E-state index is 11.5. The number of piperidine rings is 1. The van der Waals surface area contributed by atoms with Crippen LogP contribution in [-0.4, -0.2) is 57.1 Å². The molecular formula is C13H25NO4. The van der Waals surface area contributed by atoms with Gasteiger partial charge in [0, 0.05) is 26.3 Å². The van der Waals surface area contributed by atoms with E-state index in [0.29, 0.717) is 13.2 Å². The summed E-state index contributed by atoms with van der Waals surface area (Å²) in [7, 11) is 1.45. The Labute approximate surface area is 109 Å². The Bertz CT molecular complexity index is 241. The van der Waals surface area contributed by atoms with Gasteiger partial charge in [0.1, 0.15) is 0 Å². The second kappa shape index (κ2) is 8.45. The number of hydrogen-bond acceptors (Lipinski definition) is 5. The van der Waals surface area contributed by atoms with Crippen LogP contribution in [-0.2, 0) is 19.0 Å². The van der Waals surface area contributed by atoms with Gasteiger partial charge in [-0.15, -0.1) is 0 Å². The molecule has 1 fully saturated rings. The summed E-state index contributed by atoms with van der Waals surface area (Å²) < 4.78 is 15.9. The Morgan fingerprint density at radius 3 is 2.56 bits per heavy atom. The van der Waals surface area contributed by atoms with E-state index in [2.05, 4.69) is 4.90 Å². The van der Waals surface area contributed by atoms with Gasteiger partial charge >= 0.3 is 5.97 Å². The molecule has 0 spiro atoms. The summed E-state index contributed by atoms with van der Waals surface area (Å²) in [6.45, 7) is 7.64. The molecule has 1 aliphatic rings. The number of nitrogens with zero attached hydrogens (tertiary/aromatic N) is 1. The molecule has 106 valence electrons. The molecule has 1 heterocycles. The summed E-state index contributed by atoms with van der Waals surface area (Å²) in [5, 5.41) is 0. The van der Waals surface area contributed by atoms with Crippen LogP contribution in [0.1, 0.15) is 26.7 Å². The first kappa shape index (κ1) is 15.4. The second-order valence-electron chi connectivity index (χ2n) is 4.46. The highest BCUT2D eigenvalue weighted by Gasteiger charge is 2.27. The van der Waals surface area contributed by atoms with Crippen LogP contribution in [0.25, 0.3) is 0 Å². The fourth-order valence-corrected chi connectivity index (χ4v) is 2.32. The smallest absolute Gasteiger partial charge is 0.309 e. The highest BCUT2D eigenvalue weighted by molar-refractivity contribution is 5.72. The summed E-state index contributed by atoms with van der Waals surface area (Å²) in [5.74, 6) is -0.114. The topological polar surface area (TPSA) is 48.0 Å². The van der Waals surface area contributed by atoms with E-state index >= 15 is 0 Å². The van der Waals surface area contributed by atoms with Crippen LogP contribution in [0.2, 0.25) is 0 Å². The maximum absolute atomic E-state index is 11.5. The van der Waals surface area contributed by atoms with Crippen molar-refractivity contribution < 1.29 is 19.0 Å². The standard InChI is InChI=1S/C13H25NO4/c1-4-17-12(18-5-2)10-14-8-6-7-11(9-14)13(15)16-3/h11-12H,4-10H2,1-3H3. The quantitative estimate of drug-likeness (QED) is 0.509. The molecule has 0 N–H and O–H groups in total. The number of hydrogen-bond donors (Lipinski definition) is 0. The van der Waals surface area contributed by atoms with Gasteiger partial charge in [0.25, 0.3) is 0 Å². The number of ether oxygens (including phenoxy) is 3. The van der Waals surface area contributed by atoms with E-state index in [9.17, 15) is 4.79 Å².